The number of nitrogens with zero attached hydrogens (tertiary/aromatic N) is 1. The van der Waals surface area contributed by atoms with Crippen molar-refractivity contribution in [3.63, 3.8) is 0 Å². The van der Waals surface area contributed by atoms with Crippen molar-refractivity contribution >= 4 is 22.6 Å². The molecule has 0 bridgehead atoms. The summed E-state index contributed by atoms with van der Waals surface area (Å²) in [6.45, 7) is -0.602. The van der Waals surface area contributed by atoms with Gasteiger partial charge in [0.1, 0.15) is 9.26 Å². The highest BCUT2D eigenvalue weighted by molar-refractivity contribution is 14.1. The average molecular weight is 386 g/mol. The zero-order chi connectivity index (χ0) is 14.1. The van der Waals surface area contributed by atoms with Crippen LogP contribution in [-0.4, -0.2) is 11.3 Å². The molecule has 0 saturated heterocycles. The molecule has 0 aliphatic heterocycles. The van der Waals surface area contributed by atoms with Gasteiger partial charge in [-0.15, -0.1) is 13.2 Å². The first-order valence-electron chi connectivity index (χ1n) is 4.26. The molecule has 10 heteroatoms. The van der Waals surface area contributed by atoms with Gasteiger partial charge in [0.15, 0.2) is 5.75 Å². The number of pyridine rings is 1. The fourth-order valence-corrected chi connectivity index (χ4v) is 1.84. The van der Waals surface area contributed by atoms with E-state index in [0.717, 1.165) is 0 Å². The van der Waals surface area contributed by atoms with Crippen LogP contribution in [0, 0.1) is 3.70 Å². The van der Waals surface area contributed by atoms with E-state index in [-0.39, 0.29) is 3.70 Å². The van der Waals surface area contributed by atoms with E-state index in [2.05, 4.69) is 9.72 Å². The van der Waals surface area contributed by atoms with E-state index in [9.17, 15) is 26.3 Å². The van der Waals surface area contributed by atoms with Crippen LogP contribution in [0.15, 0.2) is 6.20 Å². The van der Waals surface area contributed by atoms with E-state index < -0.39 is 36.0 Å². The van der Waals surface area contributed by atoms with Crippen LogP contribution in [0.1, 0.15) is 11.1 Å². The Labute approximate surface area is 110 Å². The summed E-state index contributed by atoms with van der Waals surface area (Å²) < 4.78 is 77.3. The molecule has 2 N–H and O–H groups in total. The second kappa shape index (κ2) is 5.07. The predicted molar refractivity (Wildman–Crippen MR) is 56.5 cm³/mol. The van der Waals surface area contributed by atoms with Crippen molar-refractivity contribution in [2.75, 3.05) is 0 Å². The third kappa shape index (κ3) is 3.60. The molecule has 0 unspecified atom stereocenters. The van der Waals surface area contributed by atoms with Crippen LogP contribution in [0.3, 0.4) is 0 Å². The number of alkyl halides is 6. The summed E-state index contributed by atoms with van der Waals surface area (Å²) in [5.41, 5.74) is 3.01. The van der Waals surface area contributed by atoms with Gasteiger partial charge in [0, 0.05) is 12.1 Å². The predicted octanol–water partition coefficient (Wildman–Crippen LogP) is 3.06. The third-order valence-corrected chi connectivity index (χ3v) is 2.74. The van der Waals surface area contributed by atoms with Crippen LogP contribution in [0.5, 0.6) is 5.75 Å². The van der Waals surface area contributed by atoms with Crippen LogP contribution in [0.2, 0.25) is 0 Å². The van der Waals surface area contributed by atoms with Crippen molar-refractivity contribution in [1.82, 2.24) is 4.98 Å². The highest BCUT2D eigenvalue weighted by atomic mass is 127. The molecular weight excluding hydrogens is 381 g/mol. The molecule has 0 aliphatic rings. The minimum atomic E-state index is -5.24. The van der Waals surface area contributed by atoms with Crippen molar-refractivity contribution < 1.29 is 31.1 Å². The maximum atomic E-state index is 12.7. The fraction of sp³-hybridized carbons (Fsp3) is 0.375. The standard InChI is InChI=1S/C8H5F6IN2O/c9-7(10,11)5-3(1-16)6(15)17-2-4(5)18-8(12,13)14/h2H,1,16H2. The molecule has 1 rings (SSSR count). The summed E-state index contributed by atoms with van der Waals surface area (Å²) in [6, 6.07) is 0. The second-order valence-electron chi connectivity index (χ2n) is 3.02. The lowest BCUT2D eigenvalue weighted by Gasteiger charge is -2.18. The Morgan fingerprint density at radius 3 is 2.17 bits per heavy atom. The van der Waals surface area contributed by atoms with Gasteiger partial charge in [-0.05, 0) is 22.6 Å². The molecule has 0 radical (unpaired) electrons. The van der Waals surface area contributed by atoms with Gasteiger partial charge in [-0.3, -0.25) is 0 Å². The molecule has 3 nitrogen and oxygen atoms in total. The van der Waals surface area contributed by atoms with Crippen LogP contribution in [-0.2, 0) is 12.7 Å². The van der Waals surface area contributed by atoms with Gasteiger partial charge < -0.3 is 10.5 Å². The quantitative estimate of drug-likeness (QED) is 0.483. The maximum absolute atomic E-state index is 12.7. The lowest BCUT2D eigenvalue weighted by atomic mass is 10.1. The molecule has 1 aromatic rings. The third-order valence-electron chi connectivity index (χ3n) is 1.81. The van der Waals surface area contributed by atoms with E-state index >= 15 is 0 Å². The summed E-state index contributed by atoms with van der Waals surface area (Å²) in [5.74, 6) is -1.41. The van der Waals surface area contributed by atoms with Crippen molar-refractivity contribution in [2.45, 2.75) is 19.1 Å². The Balaban J connectivity index is 3.43. The minimum Gasteiger partial charge on any atom is -0.403 e. The number of ether oxygens (including phenoxy) is 1. The molecule has 0 amide bonds. The van der Waals surface area contributed by atoms with Crippen molar-refractivity contribution in [3.8, 4) is 5.75 Å². The molecule has 102 valence electrons. The van der Waals surface area contributed by atoms with E-state index in [0.29, 0.717) is 6.20 Å². The Morgan fingerprint density at radius 1 is 1.22 bits per heavy atom. The number of rotatable bonds is 2. The number of halogens is 7. The highest BCUT2D eigenvalue weighted by Gasteiger charge is 2.42. The SMILES string of the molecule is NCc1c(I)ncc(OC(F)(F)F)c1C(F)(F)F. The molecule has 0 fully saturated rings. The summed E-state index contributed by atoms with van der Waals surface area (Å²) in [4.78, 5) is 3.39. The molecule has 0 atom stereocenters. The van der Waals surface area contributed by atoms with E-state index in [1.165, 1.54) is 22.6 Å². The Bertz CT molecular complexity index is 444. The first-order chi connectivity index (χ1) is 8.06. The Morgan fingerprint density at radius 2 is 1.78 bits per heavy atom. The summed E-state index contributed by atoms with van der Waals surface area (Å²) in [5, 5.41) is 0. The van der Waals surface area contributed by atoms with Crippen LogP contribution < -0.4 is 10.5 Å². The molecular formula is C8H5F6IN2O. The monoisotopic (exact) mass is 386 g/mol. The zero-order valence-corrected chi connectivity index (χ0v) is 10.5. The number of hydrogen-bond donors (Lipinski definition) is 1. The minimum absolute atomic E-state index is 0.128. The Hall–Kier alpha value is -0.780. The molecule has 0 aromatic carbocycles. The molecule has 0 aliphatic carbocycles. The average Bonchev–Trinajstić information content (AvgIpc) is 2.16. The van der Waals surface area contributed by atoms with Crippen molar-refractivity contribution in [2.24, 2.45) is 5.73 Å². The van der Waals surface area contributed by atoms with Gasteiger partial charge in [-0.25, -0.2) is 4.98 Å². The number of aromatic nitrogens is 1. The lowest BCUT2D eigenvalue weighted by Crippen LogP contribution is -2.23. The topological polar surface area (TPSA) is 48.1 Å². The van der Waals surface area contributed by atoms with Gasteiger partial charge in [0.2, 0.25) is 0 Å². The van der Waals surface area contributed by atoms with E-state index in [1.807, 2.05) is 0 Å². The molecule has 0 spiro atoms. The van der Waals surface area contributed by atoms with Crippen molar-refractivity contribution in [1.29, 1.82) is 0 Å². The number of hydrogen-bond acceptors (Lipinski definition) is 3. The van der Waals surface area contributed by atoms with Gasteiger partial charge in [-0.1, -0.05) is 0 Å². The van der Waals surface area contributed by atoms with Crippen LogP contribution >= 0.6 is 22.6 Å². The van der Waals surface area contributed by atoms with Gasteiger partial charge in [0.25, 0.3) is 0 Å². The molecule has 18 heavy (non-hydrogen) atoms. The zero-order valence-electron chi connectivity index (χ0n) is 8.36. The summed E-state index contributed by atoms with van der Waals surface area (Å²) in [7, 11) is 0. The maximum Gasteiger partial charge on any atom is 0.573 e. The van der Waals surface area contributed by atoms with E-state index in [4.69, 9.17) is 5.73 Å². The molecule has 0 saturated carbocycles. The van der Waals surface area contributed by atoms with Crippen LogP contribution in [0.4, 0.5) is 26.3 Å². The molecule has 1 aromatic heterocycles. The molecule has 1 heterocycles. The van der Waals surface area contributed by atoms with E-state index in [1.54, 1.807) is 0 Å². The van der Waals surface area contributed by atoms with Gasteiger partial charge >= 0.3 is 12.5 Å². The first kappa shape index (κ1) is 15.3. The van der Waals surface area contributed by atoms with Gasteiger partial charge in [0.05, 0.1) is 6.20 Å². The number of nitrogens with two attached hydrogens (primary N) is 1. The smallest absolute Gasteiger partial charge is 0.403 e. The van der Waals surface area contributed by atoms with Crippen LogP contribution in [0.25, 0.3) is 0 Å². The fourth-order valence-electron chi connectivity index (χ4n) is 1.21. The first-order valence-corrected chi connectivity index (χ1v) is 5.34. The highest BCUT2D eigenvalue weighted by Crippen LogP contribution is 2.41. The van der Waals surface area contributed by atoms with Crippen molar-refractivity contribution in [3.05, 3.63) is 21.0 Å². The normalized spacial score (nSPS) is 12.7. The largest absolute Gasteiger partial charge is 0.573 e. The lowest BCUT2D eigenvalue weighted by molar-refractivity contribution is -0.276. The van der Waals surface area contributed by atoms with Gasteiger partial charge in [-0.2, -0.15) is 13.2 Å². The second-order valence-corrected chi connectivity index (χ2v) is 4.04. The summed E-state index contributed by atoms with van der Waals surface area (Å²) in [6.07, 6.45) is -9.88. The summed E-state index contributed by atoms with van der Waals surface area (Å²) >= 11 is 1.45. The Kier molecular flexibility index (Phi) is 4.30.